The van der Waals surface area contributed by atoms with Gasteiger partial charge in [-0.3, -0.25) is 4.90 Å². The van der Waals surface area contributed by atoms with Crippen molar-refractivity contribution in [1.29, 1.82) is 0 Å². The summed E-state index contributed by atoms with van der Waals surface area (Å²) in [4.78, 5) is 2.51. The average molecular weight is 267 g/mol. The fourth-order valence-corrected chi connectivity index (χ4v) is 2.71. The number of hydrogen-bond donors (Lipinski definition) is 0. The molecule has 1 unspecified atom stereocenters. The van der Waals surface area contributed by atoms with Crippen LogP contribution < -0.4 is 0 Å². The van der Waals surface area contributed by atoms with Crippen LogP contribution in [0.2, 0.25) is 0 Å². The maximum Gasteiger partial charge on any atom is 0.0952 e. The molecule has 1 aliphatic heterocycles. The molecule has 1 heterocycles. The molecule has 0 aromatic heterocycles. The lowest BCUT2D eigenvalue weighted by Crippen LogP contribution is -2.39. The van der Waals surface area contributed by atoms with E-state index in [1.54, 1.807) is 0 Å². The predicted octanol–water partition coefficient (Wildman–Crippen LogP) is 3.30. The quantitative estimate of drug-likeness (QED) is 0.842. The number of morpholine rings is 1. The van der Waals surface area contributed by atoms with Crippen LogP contribution in [0.25, 0.3) is 0 Å². The molecule has 2 aromatic rings. The normalized spacial score (nSPS) is 19.9. The van der Waals surface area contributed by atoms with Crippen molar-refractivity contribution >= 4 is 0 Å². The Bertz CT molecular complexity index is 511. The van der Waals surface area contributed by atoms with Gasteiger partial charge in [0, 0.05) is 19.6 Å². The van der Waals surface area contributed by atoms with Crippen molar-refractivity contribution in [3.63, 3.8) is 0 Å². The highest BCUT2D eigenvalue weighted by Gasteiger charge is 2.21. The second kappa shape index (κ2) is 6.69. The second-order valence-electron chi connectivity index (χ2n) is 5.31. The Kier molecular flexibility index (Phi) is 4.46. The summed E-state index contributed by atoms with van der Waals surface area (Å²) in [5, 5.41) is 0. The Balaban J connectivity index is 1.56. The first-order chi connectivity index (χ1) is 9.92. The van der Waals surface area contributed by atoms with E-state index in [1.807, 2.05) is 0 Å². The minimum atomic E-state index is 0.223. The van der Waals surface area contributed by atoms with E-state index in [4.69, 9.17) is 4.74 Å². The zero-order valence-corrected chi connectivity index (χ0v) is 11.7. The van der Waals surface area contributed by atoms with E-state index in [-0.39, 0.29) is 6.10 Å². The fourth-order valence-electron chi connectivity index (χ4n) is 2.71. The molecule has 0 spiro atoms. The smallest absolute Gasteiger partial charge is 0.0952 e. The molecule has 0 bridgehead atoms. The molecule has 104 valence electrons. The van der Waals surface area contributed by atoms with Crippen molar-refractivity contribution in [2.75, 3.05) is 26.2 Å². The first kappa shape index (κ1) is 13.3. The Morgan fingerprint density at radius 2 is 1.65 bits per heavy atom. The van der Waals surface area contributed by atoms with Crippen LogP contribution in [0.1, 0.15) is 17.2 Å². The van der Waals surface area contributed by atoms with Gasteiger partial charge in [0.2, 0.25) is 0 Å². The van der Waals surface area contributed by atoms with E-state index in [9.17, 15) is 0 Å². The van der Waals surface area contributed by atoms with Crippen molar-refractivity contribution in [1.82, 2.24) is 4.90 Å². The highest BCUT2D eigenvalue weighted by atomic mass is 16.5. The first-order valence-electron chi connectivity index (χ1n) is 7.34. The molecule has 2 aromatic carbocycles. The highest BCUT2D eigenvalue weighted by molar-refractivity contribution is 5.18. The summed E-state index contributed by atoms with van der Waals surface area (Å²) in [7, 11) is 0. The minimum absolute atomic E-state index is 0.223. The highest BCUT2D eigenvalue weighted by Crippen LogP contribution is 2.21. The lowest BCUT2D eigenvalue weighted by molar-refractivity contribution is -0.0295. The van der Waals surface area contributed by atoms with E-state index in [1.165, 1.54) is 11.1 Å². The van der Waals surface area contributed by atoms with Crippen molar-refractivity contribution in [2.45, 2.75) is 12.5 Å². The molecule has 0 aliphatic carbocycles. The van der Waals surface area contributed by atoms with E-state index in [0.717, 1.165) is 32.7 Å². The van der Waals surface area contributed by atoms with Crippen LogP contribution in [0.3, 0.4) is 0 Å². The summed E-state index contributed by atoms with van der Waals surface area (Å²) in [6.07, 6.45) is 1.34. The minimum Gasteiger partial charge on any atom is -0.371 e. The molecule has 0 N–H and O–H groups in total. The summed E-state index contributed by atoms with van der Waals surface area (Å²) in [5.74, 6) is 0. The third-order valence-corrected chi connectivity index (χ3v) is 3.88. The largest absolute Gasteiger partial charge is 0.371 e. The zero-order valence-electron chi connectivity index (χ0n) is 11.7. The molecule has 1 aliphatic rings. The van der Waals surface area contributed by atoms with Gasteiger partial charge < -0.3 is 4.74 Å². The molecule has 2 heteroatoms. The SMILES string of the molecule is c1ccc(CCN2CCOC(c3ccccc3)C2)cc1. The van der Waals surface area contributed by atoms with Gasteiger partial charge in [-0.1, -0.05) is 60.7 Å². The maximum absolute atomic E-state index is 5.90. The molecule has 1 fully saturated rings. The Morgan fingerprint density at radius 1 is 0.950 bits per heavy atom. The fraction of sp³-hybridized carbons (Fsp3) is 0.333. The molecule has 2 nitrogen and oxygen atoms in total. The molecule has 0 amide bonds. The van der Waals surface area contributed by atoms with Crippen molar-refractivity contribution < 1.29 is 4.74 Å². The van der Waals surface area contributed by atoms with E-state index < -0.39 is 0 Å². The van der Waals surface area contributed by atoms with Crippen LogP contribution in [0.15, 0.2) is 60.7 Å². The van der Waals surface area contributed by atoms with Gasteiger partial charge in [0.15, 0.2) is 0 Å². The van der Waals surface area contributed by atoms with Gasteiger partial charge in [0.25, 0.3) is 0 Å². The molecular weight excluding hydrogens is 246 g/mol. The average Bonchev–Trinajstić information content (AvgIpc) is 2.55. The van der Waals surface area contributed by atoms with Crippen LogP contribution in [0.5, 0.6) is 0 Å². The van der Waals surface area contributed by atoms with Gasteiger partial charge in [-0.15, -0.1) is 0 Å². The maximum atomic E-state index is 5.90. The number of rotatable bonds is 4. The summed E-state index contributed by atoms with van der Waals surface area (Å²) in [6.45, 7) is 3.97. The summed E-state index contributed by atoms with van der Waals surface area (Å²) in [5.41, 5.74) is 2.70. The van der Waals surface area contributed by atoms with Crippen LogP contribution in [0, 0.1) is 0 Å². The van der Waals surface area contributed by atoms with E-state index >= 15 is 0 Å². The molecule has 0 saturated carbocycles. The molecule has 1 atom stereocenters. The molecule has 1 saturated heterocycles. The third-order valence-electron chi connectivity index (χ3n) is 3.88. The topological polar surface area (TPSA) is 12.5 Å². The second-order valence-corrected chi connectivity index (χ2v) is 5.31. The number of ether oxygens (including phenoxy) is 1. The third kappa shape index (κ3) is 3.47. The van der Waals surface area contributed by atoms with Crippen molar-refractivity contribution in [2.24, 2.45) is 0 Å². The molecule has 0 radical (unpaired) electrons. The Morgan fingerprint density at radius 3 is 2.40 bits per heavy atom. The van der Waals surface area contributed by atoms with Gasteiger partial charge in [-0.05, 0) is 17.5 Å². The molecule has 20 heavy (non-hydrogen) atoms. The Hall–Kier alpha value is -1.64. The predicted molar refractivity (Wildman–Crippen MR) is 81.7 cm³/mol. The zero-order chi connectivity index (χ0) is 13.6. The lowest BCUT2D eigenvalue weighted by atomic mass is 10.1. The van der Waals surface area contributed by atoms with E-state index in [2.05, 4.69) is 65.6 Å². The van der Waals surface area contributed by atoms with E-state index in [0.29, 0.717) is 0 Å². The number of nitrogens with zero attached hydrogens (tertiary/aromatic N) is 1. The molecular formula is C18H21NO. The summed E-state index contributed by atoms with van der Waals surface area (Å²) >= 11 is 0. The number of hydrogen-bond acceptors (Lipinski definition) is 2. The van der Waals surface area contributed by atoms with Crippen LogP contribution in [0.4, 0.5) is 0 Å². The number of benzene rings is 2. The van der Waals surface area contributed by atoms with Gasteiger partial charge in [-0.25, -0.2) is 0 Å². The Labute approximate surface area is 121 Å². The molecule has 3 rings (SSSR count). The summed E-state index contributed by atoms with van der Waals surface area (Å²) in [6, 6.07) is 21.2. The monoisotopic (exact) mass is 267 g/mol. The van der Waals surface area contributed by atoms with Crippen LogP contribution in [-0.2, 0) is 11.2 Å². The van der Waals surface area contributed by atoms with Crippen LogP contribution >= 0.6 is 0 Å². The van der Waals surface area contributed by atoms with Gasteiger partial charge in [0.1, 0.15) is 0 Å². The van der Waals surface area contributed by atoms with Gasteiger partial charge in [-0.2, -0.15) is 0 Å². The summed E-state index contributed by atoms with van der Waals surface area (Å²) < 4.78 is 5.90. The van der Waals surface area contributed by atoms with Crippen molar-refractivity contribution in [3.05, 3.63) is 71.8 Å². The lowest BCUT2D eigenvalue weighted by Gasteiger charge is -2.33. The van der Waals surface area contributed by atoms with Gasteiger partial charge >= 0.3 is 0 Å². The van der Waals surface area contributed by atoms with Crippen LogP contribution in [-0.4, -0.2) is 31.1 Å². The van der Waals surface area contributed by atoms with Crippen molar-refractivity contribution in [3.8, 4) is 0 Å². The first-order valence-corrected chi connectivity index (χ1v) is 7.34. The standard InChI is InChI=1S/C18H21NO/c1-3-7-16(8-4-1)11-12-19-13-14-20-18(15-19)17-9-5-2-6-10-17/h1-10,18H,11-15H2. The van der Waals surface area contributed by atoms with Gasteiger partial charge in [0.05, 0.1) is 12.7 Å².